The van der Waals surface area contributed by atoms with E-state index >= 15 is 0 Å². The third-order valence-corrected chi connectivity index (χ3v) is 1.92. The van der Waals surface area contributed by atoms with E-state index in [1.165, 1.54) is 0 Å². The molecule has 1 atom stereocenters. The molecule has 0 aliphatic carbocycles. The third kappa shape index (κ3) is 2.50. The van der Waals surface area contributed by atoms with Gasteiger partial charge in [0.2, 0.25) is 5.91 Å². The summed E-state index contributed by atoms with van der Waals surface area (Å²) in [5.74, 6) is 0.0259. The number of carbonyl (C=O) groups excluding carboxylic acids is 1. The molecule has 1 unspecified atom stereocenters. The molecular weight excluding hydrogens is 142 g/mol. The van der Waals surface area contributed by atoms with Crippen molar-refractivity contribution in [1.82, 2.24) is 5.32 Å². The van der Waals surface area contributed by atoms with Gasteiger partial charge in [0.25, 0.3) is 0 Å². The fourth-order valence-electron chi connectivity index (χ4n) is 1.46. The van der Waals surface area contributed by atoms with Gasteiger partial charge < -0.3 is 10.1 Å². The van der Waals surface area contributed by atoms with Gasteiger partial charge in [0.05, 0.1) is 12.1 Å². The summed E-state index contributed by atoms with van der Waals surface area (Å²) in [6.07, 6.45) is 2.06. The highest BCUT2D eigenvalue weighted by atomic mass is 16.5. The zero-order valence-electron chi connectivity index (χ0n) is 7.14. The largest absolute Gasteiger partial charge is 0.379 e. The van der Waals surface area contributed by atoms with E-state index in [4.69, 9.17) is 4.74 Å². The molecule has 1 aliphatic heterocycles. The first-order valence-corrected chi connectivity index (χ1v) is 3.99. The van der Waals surface area contributed by atoms with Gasteiger partial charge in [-0.3, -0.25) is 4.79 Å². The number of ether oxygens (including phenoxy) is 1. The van der Waals surface area contributed by atoms with Crippen molar-refractivity contribution in [2.75, 3.05) is 13.2 Å². The van der Waals surface area contributed by atoms with Crippen LogP contribution in [0.4, 0.5) is 0 Å². The highest BCUT2D eigenvalue weighted by molar-refractivity contribution is 5.73. The average Bonchev–Trinajstić information content (AvgIpc) is 1.85. The minimum Gasteiger partial charge on any atom is -0.379 e. The third-order valence-electron chi connectivity index (χ3n) is 1.92. The maximum atomic E-state index is 10.8. The molecular formula is C8H15NO2. The molecule has 0 aromatic rings. The first-order valence-electron chi connectivity index (χ1n) is 3.99. The van der Waals surface area contributed by atoms with E-state index < -0.39 is 0 Å². The van der Waals surface area contributed by atoms with Crippen LogP contribution >= 0.6 is 0 Å². The van der Waals surface area contributed by atoms with Crippen molar-refractivity contribution >= 4 is 5.91 Å². The number of carbonyl (C=O) groups is 1. The summed E-state index contributed by atoms with van der Waals surface area (Å²) in [5.41, 5.74) is -0.121. The van der Waals surface area contributed by atoms with E-state index in [-0.39, 0.29) is 11.4 Å². The molecule has 1 rings (SSSR count). The lowest BCUT2D eigenvalue weighted by Crippen LogP contribution is -2.50. The maximum absolute atomic E-state index is 10.8. The summed E-state index contributed by atoms with van der Waals surface area (Å²) in [6, 6.07) is 0. The molecule has 1 amide bonds. The second-order valence-corrected chi connectivity index (χ2v) is 3.40. The standard InChI is InChI=1S/C8H15NO2/c1-7(10)9-8(2)4-3-5-11-6-8/h3-6H2,1-2H3,(H,9,10). The predicted molar refractivity (Wildman–Crippen MR) is 42.3 cm³/mol. The van der Waals surface area contributed by atoms with Gasteiger partial charge in [-0.05, 0) is 19.8 Å². The Morgan fingerprint density at radius 2 is 2.36 bits per heavy atom. The molecule has 0 radical (unpaired) electrons. The monoisotopic (exact) mass is 157 g/mol. The molecule has 0 saturated carbocycles. The van der Waals surface area contributed by atoms with Crippen LogP contribution in [0, 0.1) is 0 Å². The Kier molecular flexibility index (Phi) is 2.49. The smallest absolute Gasteiger partial charge is 0.217 e. The van der Waals surface area contributed by atoms with Crippen LogP contribution in [0.2, 0.25) is 0 Å². The van der Waals surface area contributed by atoms with Crippen molar-refractivity contribution in [2.45, 2.75) is 32.2 Å². The van der Waals surface area contributed by atoms with Gasteiger partial charge in [-0.1, -0.05) is 0 Å². The second kappa shape index (κ2) is 3.22. The zero-order chi connectivity index (χ0) is 8.32. The molecule has 1 fully saturated rings. The Balaban J connectivity index is 2.43. The van der Waals surface area contributed by atoms with E-state index in [1.807, 2.05) is 6.92 Å². The molecule has 0 aromatic heterocycles. The second-order valence-electron chi connectivity index (χ2n) is 3.40. The highest BCUT2D eigenvalue weighted by Gasteiger charge is 2.27. The van der Waals surface area contributed by atoms with Crippen LogP contribution < -0.4 is 5.32 Å². The number of hydrogen-bond donors (Lipinski definition) is 1. The summed E-state index contributed by atoms with van der Waals surface area (Å²) >= 11 is 0. The maximum Gasteiger partial charge on any atom is 0.217 e. The van der Waals surface area contributed by atoms with Crippen molar-refractivity contribution in [3.05, 3.63) is 0 Å². The highest BCUT2D eigenvalue weighted by Crippen LogP contribution is 2.17. The molecule has 0 aromatic carbocycles. The first kappa shape index (κ1) is 8.53. The van der Waals surface area contributed by atoms with Gasteiger partial charge in [0.15, 0.2) is 0 Å². The zero-order valence-corrected chi connectivity index (χ0v) is 7.14. The van der Waals surface area contributed by atoms with Crippen LogP contribution in [-0.4, -0.2) is 24.7 Å². The fourth-order valence-corrected chi connectivity index (χ4v) is 1.46. The van der Waals surface area contributed by atoms with E-state index in [1.54, 1.807) is 6.92 Å². The lowest BCUT2D eigenvalue weighted by molar-refractivity contribution is -0.122. The van der Waals surface area contributed by atoms with Gasteiger partial charge >= 0.3 is 0 Å². The SMILES string of the molecule is CC(=O)NC1(C)CCCOC1. The van der Waals surface area contributed by atoms with Crippen molar-refractivity contribution in [3.63, 3.8) is 0 Å². The van der Waals surface area contributed by atoms with E-state index in [0.717, 1.165) is 19.4 Å². The molecule has 3 heteroatoms. The van der Waals surface area contributed by atoms with Crippen LogP contribution in [0.25, 0.3) is 0 Å². The molecule has 1 saturated heterocycles. The van der Waals surface area contributed by atoms with Crippen LogP contribution in [0.15, 0.2) is 0 Å². The Labute approximate surface area is 67.1 Å². The van der Waals surface area contributed by atoms with Crippen molar-refractivity contribution in [1.29, 1.82) is 0 Å². The summed E-state index contributed by atoms with van der Waals surface area (Å²) in [4.78, 5) is 10.8. The van der Waals surface area contributed by atoms with Crippen LogP contribution in [0.5, 0.6) is 0 Å². The number of hydrogen-bond acceptors (Lipinski definition) is 2. The average molecular weight is 157 g/mol. The summed E-state index contributed by atoms with van der Waals surface area (Å²) in [7, 11) is 0. The van der Waals surface area contributed by atoms with Crippen molar-refractivity contribution < 1.29 is 9.53 Å². The molecule has 64 valence electrons. The normalized spacial score (nSPS) is 31.5. The minimum absolute atomic E-state index is 0.0259. The van der Waals surface area contributed by atoms with E-state index in [0.29, 0.717) is 6.61 Å². The number of amides is 1. The molecule has 1 N–H and O–H groups in total. The Morgan fingerprint density at radius 1 is 1.64 bits per heavy atom. The molecule has 0 bridgehead atoms. The minimum atomic E-state index is -0.121. The van der Waals surface area contributed by atoms with Crippen LogP contribution in [0.1, 0.15) is 26.7 Å². The van der Waals surface area contributed by atoms with Crippen LogP contribution in [0.3, 0.4) is 0 Å². The summed E-state index contributed by atoms with van der Waals surface area (Å²) in [5, 5.41) is 2.89. The van der Waals surface area contributed by atoms with Crippen molar-refractivity contribution in [3.8, 4) is 0 Å². The summed E-state index contributed by atoms with van der Waals surface area (Å²) in [6.45, 7) is 5.04. The van der Waals surface area contributed by atoms with Crippen molar-refractivity contribution in [2.24, 2.45) is 0 Å². The van der Waals surface area contributed by atoms with E-state index in [9.17, 15) is 4.79 Å². The van der Waals surface area contributed by atoms with Gasteiger partial charge in [-0.2, -0.15) is 0 Å². The first-order chi connectivity index (χ1) is 5.12. The van der Waals surface area contributed by atoms with E-state index in [2.05, 4.69) is 5.32 Å². The summed E-state index contributed by atoms with van der Waals surface area (Å²) < 4.78 is 5.27. The lowest BCUT2D eigenvalue weighted by atomic mass is 9.95. The lowest BCUT2D eigenvalue weighted by Gasteiger charge is -2.33. The fraction of sp³-hybridized carbons (Fsp3) is 0.875. The van der Waals surface area contributed by atoms with Gasteiger partial charge in [0.1, 0.15) is 0 Å². The number of rotatable bonds is 1. The predicted octanol–water partition coefficient (Wildman–Crippen LogP) is 0.692. The molecule has 3 nitrogen and oxygen atoms in total. The van der Waals surface area contributed by atoms with Gasteiger partial charge in [-0.15, -0.1) is 0 Å². The quantitative estimate of drug-likeness (QED) is 0.608. The molecule has 0 spiro atoms. The Morgan fingerprint density at radius 3 is 2.82 bits per heavy atom. The Hall–Kier alpha value is -0.570. The Bertz CT molecular complexity index is 150. The molecule has 1 heterocycles. The van der Waals surface area contributed by atoms with Crippen LogP contribution in [-0.2, 0) is 9.53 Å². The number of nitrogens with one attached hydrogen (secondary N) is 1. The molecule has 11 heavy (non-hydrogen) atoms. The molecule has 1 aliphatic rings. The van der Waals surface area contributed by atoms with Gasteiger partial charge in [-0.25, -0.2) is 0 Å². The van der Waals surface area contributed by atoms with Gasteiger partial charge in [0, 0.05) is 13.5 Å². The topological polar surface area (TPSA) is 38.3 Å².